The lowest BCUT2D eigenvalue weighted by Crippen LogP contribution is -2.47. The van der Waals surface area contributed by atoms with Crippen molar-refractivity contribution in [2.24, 2.45) is 0 Å². The minimum absolute atomic E-state index is 0.177. The van der Waals surface area contributed by atoms with E-state index >= 15 is 0 Å². The average molecular weight is 401 g/mol. The van der Waals surface area contributed by atoms with Crippen LogP contribution in [0.2, 0.25) is 0 Å². The van der Waals surface area contributed by atoms with E-state index in [9.17, 15) is 13.2 Å². The Morgan fingerprint density at radius 3 is 2.54 bits per heavy atom. The number of nitrogens with zero attached hydrogens (tertiary/aromatic N) is 2. The predicted molar refractivity (Wildman–Crippen MR) is 104 cm³/mol. The predicted octanol–water partition coefficient (Wildman–Crippen LogP) is 2.42. The zero-order valence-electron chi connectivity index (χ0n) is 15.5. The number of carbonyl (C=O) groups excluding carboxylic acids is 1. The standard InChI is InChI=1S/C20H23N3O4S/c24-19(22-16-5-4-12-21-15-16)18-8-9-20(27-18)10-13-23(14-11-20)28(25,26)17-6-2-1-3-7-17/h1-7,12,15,18H,8-11,13-14H2,(H,22,24)/t18-/m1/s1. The molecule has 0 aliphatic carbocycles. The average Bonchev–Trinajstić information content (AvgIpc) is 3.13. The lowest BCUT2D eigenvalue weighted by Gasteiger charge is -2.38. The highest BCUT2D eigenvalue weighted by atomic mass is 32.2. The lowest BCUT2D eigenvalue weighted by molar-refractivity contribution is -0.134. The number of benzene rings is 1. The maximum absolute atomic E-state index is 12.8. The van der Waals surface area contributed by atoms with Gasteiger partial charge in [-0.1, -0.05) is 18.2 Å². The summed E-state index contributed by atoms with van der Waals surface area (Å²) in [6.45, 7) is 0.794. The van der Waals surface area contributed by atoms with Crippen molar-refractivity contribution in [2.45, 2.75) is 42.3 Å². The summed E-state index contributed by atoms with van der Waals surface area (Å²) >= 11 is 0. The zero-order valence-corrected chi connectivity index (χ0v) is 16.3. The molecular weight excluding hydrogens is 378 g/mol. The third kappa shape index (κ3) is 3.80. The molecule has 1 atom stereocenters. The van der Waals surface area contributed by atoms with Gasteiger partial charge >= 0.3 is 0 Å². The Kier molecular flexibility index (Phi) is 5.18. The molecule has 2 aromatic rings. The summed E-state index contributed by atoms with van der Waals surface area (Å²) in [4.78, 5) is 16.8. The van der Waals surface area contributed by atoms with Crippen LogP contribution in [-0.4, -0.2) is 48.4 Å². The van der Waals surface area contributed by atoms with Crippen LogP contribution in [0.4, 0.5) is 5.69 Å². The topological polar surface area (TPSA) is 88.6 Å². The smallest absolute Gasteiger partial charge is 0.253 e. The molecule has 2 aliphatic heterocycles. The van der Waals surface area contributed by atoms with Crippen LogP contribution < -0.4 is 5.32 Å². The van der Waals surface area contributed by atoms with Crippen molar-refractivity contribution in [3.05, 3.63) is 54.9 Å². The molecule has 148 valence electrons. The number of rotatable bonds is 4. The fourth-order valence-electron chi connectivity index (χ4n) is 3.90. The van der Waals surface area contributed by atoms with Gasteiger partial charge in [-0.2, -0.15) is 4.31 Å². The second-order valence-electron chi connectivity index (χ2n) is 7.28. The van der Waals surface area contributed by atoms with Gasteiger partial charge in [-0.15, -0.1) is 0 Å². The number of piperidine rings is 1. The number of hydrogen-bond acceptors (Lipinski definition) is 5. The number of carbonyl (C=O) groups is 1. The van der Waals surface area contributed by atoms with Crippen molar-refractivity contribution in [1.82, 2.24) is 9.29 Å². The number of sulfonamides is 1. The van der Waals surface area contributed by atoms with E-state index in [1.54, 1.807) is 54.9 Å². The molecule has 3 heterocycles. The van der Waals surface area contributed by atoms with Gasteiger partial charge in [0, 0.05) is 19.3 Å². The number of ether oxygens (including phenoxy) is 1. The molecule has 1 N–H and O–H groups in total. The molecule has 2 saturated heterocycles. The molecule has 2 fully saturated rings. The van der Waals surface area contributed by atoms with E-state index in [-0.39, 0.29) is 5.91 Å². The van der Waals surface area contributed by atoms with E-state index in [1.807, 2.05) is 0 Å². The quantitative estimate of drug-likeness (QED) is 0.850. The first-order valence-electron chi connectivity index (χ1n) is 9.43. The number of aromatic nitrogens is 1. The molecule has 0 saturated carbocycles. The molecule has 1 spiro atoms. The minimum Gasteiger partial charge on any atom is -0.362 e. The van der Waals surface area contributed by atoms with Crippen LogP contribution in [0.3, 0.4) is 0 Å². The van der Waals surface area contributed by atoms with Gasteiger partial charge in [0.05, 0.1) is 22.4 Å². The van der Waals surface area contributed by atoms with Crippen molar-refractivity contribution in [2.75, 3.05) is 18.4 Å². The first-order valence-corrected chi connectivity index (χ1v) is 10.9. The number of pyridine rings is 1. The summed E-state index contributed by atoms with van der Waals surface area (Å²) in [6, 6.07) is 12.0. The second kappa shape index (κ2) is 7.62. The van der Waals surface area contributed by atoms with Crippen LogP contribution in [0.15, 0.2) is 59.8 Å². The first kappa shape index (κ1) is 19.0. The van der Waals surface area contributed by atoms with Crippen LogP contribution in [0.5, 0.6) is 0 Å². The van der Waals surface area contributed by atoms with E-state index in [0.29, 0.717) is 42.9 Å². The fourth-order valence-corrected chi connectivity index (χ4v) is 5.36. The van der Waals surface area contributed by atoms with Crippen LogP contribution in [0.25, 0.3) is 0 Å². The van der Waals surface area contributed by atoms with E-state index in [4.69, 9.17) is 4.74 Å². The minimum atomic E-state index is -3.49. The monoisotopic (exact) mass is 401 g/mol. The van der Waals surface area contributed by atoms with Gasteiger partial charge < -0.3 is 10.1 Å². The van der Waals surface area contributed by atoms with E-state index in [0.717, 1.165) is 6.42 Å². The number of amides is 1. The summed E-state index contributed by atoms with van der Waals surface area (Å²) in [7, 11) is -3.49. The largest absolute Gasteiger partial charge is 0.362 e. The molecule has 1 aromatic carbocycles. The molecule has 1 amide bonds. The third-order valence-electron chi connectivity index (χ3n) is 5.49. The van der Waals surface area contributed by atoms with Crippen molar-refractivity contribution < 1.29 is 17.9 Å². The Bertz CT molecular complexity index is 926. The Morgan fingerprint density at radius 1 is 1.11 bits per heavy atom. The molecule has 2 aliphatic rings. The van der Waals surface area contributed by atoms with Gasteiger partial charge in [-0.25, -0.2) is 8.42 Å². The van der Waals surface area contributed by atoms with Crippen molar-refractivity contribution >= 4 is 21.6 Å². The summed E-state index contributed by atoms with van der Waals surface area (Å²) in [5, 5.41) is 2.83. The Labute approximate surface area is 164 Å². The normalized spacial score (nSPS) is 22.2. The number of nitrogens with one attached hydrogen (secondary N) is 1. The van der Waals surface area contributed by atoms with E-state index in [1.165, 1.54) is 4.31 Å². The third-order valence-corrected chi connectivity index (χ3v) is 7.40. The Hall–Kier alpha value is -2.29. The van der Waals surface area contributed by atoms with Crippen LogP contribution in [0.1, 0.15) is 25.7 Å². The van der Waals surface area contributed by atoms with Crippen molar-refractivity contribution in [1.29, 1.82) is 0 Å². The number of anilines is 1. The molecule has 0 radical (unpaired) electrons. The molecule has 0 bridgehead atoms. The van der Waals surface area contributed by atoms with Gasteiger partial charge in [-0.3, -0.25) is 9.78 Å². The van der Waals surface area contributed by atoms with Crippen LogP contribution in [-0.2, 0) is 19.6 Å². The molecule has 7 nitrogen and oxygen atoms in total. The fraction of sp³-hybridized carbons (Fsp3) is 0.400. The molecule has 1 aromatic heterocycles. The first-order chi connectivity index (χ1) is 13.5. The Morgan fingerprint density at radius 2 is 1.86 bits per heavy atom. The highest BCUT2D eigenvalue weighted by Crippen LogP contribution is 2.40. The summed E-state index contributed by atoms with van der Waals surface area (Å²) in [5.41, 5.74) is 0.223. The Balaban J connectivity index is 1.37. The molecule has 28 heavy (non-hydrogen) atoms. The lowest BCUT2D eigenvalue weighted by atomic mass is 9.89. The van der Waals surface area contributed by atoms with Gasteiger partial charge in [0.15, 0.2) is 0 Å². The van der Waals surface area contributed by atoms with Gasteiger partial charge in [0.1, 0.15) is 6.10 Å². The maximum atomic E-state index is 12.8. The summed E-state index contributed by atoms with van der Waals surface area (Å²) in [6.07, 6.45) is 5.31. The van der Waals surface area contributed by atoms with E-state index < -0.39 is 21.7 Å². The molecule has 4 rings (SSSR count). The second-order valence-corrected chi connectivity index (χ2v) is 9.21. The molecule has 8 heteroatoms. The van der Waals surface area contributed by atoms with Gasteiger partial charge in [0.25, 0.3) is 5.91 Å². The highest BCUT2D eigenvalue weighted by molar-refractivity contribution is 7.89. The van der Waals surface area contributed by atoms with Gasteiger partial charge in [-0.05, 0) is 49.9 Å². The molecule has 0 unspecified atom stereocenters. The number of hydrogen-bond donors (Lipinski definition) is 1. The summed E-state index contributed by atoms with van der Waals surface area (Å²) in [5.74, 6) is -0.177. The van der Waals surface area contributed by atoms with E-state index in [2.05, 4.69) is 10.3 Å². The SMILES string of the molecule is O=C(Nc1cccnc1)[C@H]1CCC2(CCN(S(=O)(=O)c3ccccc3)CC2)O1. The summed E-state index contributed by atoms with van der Waals surface area (Å²) < 4.78 is 33.2. The molecular formula is C20H23N3O4S. The zero-order chi connectivity index (χ0) is 19.6. The van der Waals surface area contributed by atoms with Crippen molar-refractivity contribution in [3.63, 3.8) is 0 Å². The highest BCUT2D eigenvalue weighted by Gasteiger charge is 2.46. The van der Waals surface area contributed by atoms with Crippen molar-refractivity contribution in [3.8, 4) is 0 Å². The van der Waals surface area contributed by atoms with Crippen LogP contribution in [0, 0.1) is 0 Å². The maximum Gasteiger partial charge on any atom is 0.253 e. The van der Waals surface area contributed by atoms with Crippen LogP contribution >= 0.6 is 0 Å². The van der Waals surface area contributed by atoms with Gasteiger partial charge in [0.2, 0.25) is 10.0 Å².